The van der Waals surface area contributed by atoms with Crippen LogP contribution in [0.3, 0.4) is 0 Å². The van der Waals surface area contributed by atoms with Gasteiger partial charge in [-0.25, -0.2) is 5.10 Å². The zero-order chi connectivity index (χ0) is 13.1. The van der Waals surface area contributed by atoms with E-state index in [0.29, 0.717) is 11.4 Å². The lowest BCUT2D eigenvalue weighted by Crippen LogP contribution is -2.28. The first-order valence-electron chi connectivity index (χ1n) is 5.27. The van der Waals surface area contributed by atoms with Crippen molar-refractivity contribution >= 4 is 17.3 Å². The molecule has 0 saturated carbocycles. The van der Waals surface area contributed by atoms with Crippen LogP contribution in [0.2, 0.25) is 0 Å². The molecule has 0 saturated heterocycles. The first-order chi connectivity index (χ1) is 8.58. The molecule has 1 aromatic carbocycles. The Morgan fingerprint density at radius 2 is 1.89 bits per heavy atom. The minimum absolute atomic E-state index is 0.175. The van der Waals surface area contributed by atoms with E-state index in [1.807, 2.05) is 0 Å². The number of aromatic nitrogens is 2. The largest absolute Gasteiger partial charge is 0.399 e. The normalized spacial score (nSPS) is 10.1. The molecule has 0 atom stereocenters. The maximum Gasteiger partial charge on any atom is 0.278 e. The second-order valence-corrected chi connectivity index (χ2v) is 3.76. The summed E-state index contributed by atoms with van der Waals surface area (Å²) in [4.78, 5) is 24.3. The van der Waals surface area contributed by atoms with E-state index in [1.165, 1.54) is 17.0 Å². The molecule has 0 radical (unpaired) electrons. The Balaban J connectivity index is 2.25. The topological polar surface area (TPSA) is 92.1 Å². The van der Waals surface area contributed by atoms with E-state index in [4.69, 9.17) is 5.73 Å². The number of H-pyrrole nitrogens is 1. The molecule has 0 fully saturated rings. The Morgan fingerprint density at radius 3 is 2.44 bits per heavy atom. The fourth-order valence-corrected chi connectivity index (χ4v) is 1.45. The van der Waals surface area contributed by atoms with Gasteiger partial charge in [-0.15, -0.1) is 0 Å². The highest BCUT2D eigenvalue weighted by Crippen LogP contribution is 2.16. The minimum atomic E-state index is -0.346. The molecule has 6 nitrogen and oxygen atoms in total. The average molecular weight is 244 g/mol. The smallest absolute Gasteiger partial charge is 0.278 e. The van der Waals surface area contributed by atoms with E-state index in [2.05, 4.69) is 10.2 Å². The fourth-order valence-electron chi connectivity index (χ4n) is 1.45. The third kappa shape index (κ3) is 2.37. The standard InChI is InChI=1S/C12H12N4O2/c1-16(9-4-2-8(13)3-5-9)12(18)10-6-7-11(17)15-14-10/h2-7H,13H2,1H3,(H,15,17). The van der Waals surface area contributed by atoms with Crippen LogP contribution in [0.25, 0.3) is 0 Å². The van der Waals surface area contributed by atoms with Gasteiger partial charge in [0, 0.05) is 24.5 Å². The van der Waals surface area contributed by atoms with Crippen LogP contribution in [0.1, 0.15) is 10.5 Å². The Morgan fingerprint density at radius 1 is 1.22 bits per heavy atom. The first-order valence-corrected chi connectivity index (χ1v) is 5.27. The van der Waals surface area contributed by atoms with Gasteiger partial charge in [-0.1, -0.05) is 0 Å². The van der Waals surface area contributed by atoms with E-state index >= 15 is 0 Å². The van der Waals surface area contributed by atoms with Gasteiger partial charge in [0.25, 0.3) is 11.5 Å². The van der Waals surface area contributed by atoms with Crippen LogP contribution < -0.4 is 16.2 Å². The zero-order valence-electron chi connectivity index (χ0n) is 9.75. The SMILES string of the molecule is CN(C(=O)c1ccc(=O)[nH]n1)c1ccc(N)cc1. The molecule has 1 heterocycles. The number of hydrogen-bond donors (Lipinski definition) is 2. The third-order valence-corrected chi connectivity index (χ3v) is 2.48. The predicted octanol–water partition coefficient (Wildman–Crippen LogP) is 0.629. The van der Waals surface area contributed by atoms with Crippen LogP contribution in [0.4, 0.5) is 11.4 Å². The summed E-state index contributed by atoms with van der Waals surface area (Å²) in [7, 11) is 1.63. The molecule has 92 valence electrons. The number of aromatic amines is 1. The van der Waals surface area contributed by atoms with Crippen molar-refractivity contribution in [1.29, 1.82) is 0 Å². The highest BCUT2D eigenvalue weighted by Gasteiger charge is 2.14. The molecule has 1 amide bonds. The number of nitrogens with zero attached hydrogens (tertiary/aromatic N) is 2. The lowest BCUT2D eigenvalue weighted by Gasteiger charge is -2.16. The van der Waals surface area contributed by atoms with Crippen LogP contribution in [-0.2, 0) is 0 Å². The van der Waals surface area contributed by atoms with Crippen LogP contribution in [0.5, 0.6) is 0 Å². The second-order valence-electron chi connectivity index (χ2n) is 3.76. The van der Waals surface area contributed by atoms with Gasteiger partial charge in [0.05, 0.1) is 0 Å². The molecule has 0 aliphatic carbocycles. The van der Waals surface area contributed by atoms with Crippen molar-refractivity contribution in [2.24, 2.45) is 0 Å². The molecule has 18 heavy (non-hydrogen) atoms. The van der Waals surface area contributed by atoms with Gasteiger partial charge < -0.3 is 10.6 Å². The molecule has 0 spiro atoms. The van der Waals surface area contributed by atoms with Crippen molar-refractivity contribution in [1.82, 2.24) is 10.2 Å². The maximum absolute atomic E-state index is 12.1. The summed E-state index contributed by atoms with van der Waals surface area (Å²) >= 11 is 0. The minimum Gasteiger partial charge on any atom is -0.399 e. The van der Waals surface area contributed by atoms with Gasteiger partial charge in [-0.3, -0.25) is 9.59 Å². The lowest BCUT2D eigenvalue weighted by molar-refractivity contribution is 0.0987. The van der Waals surface area contributed by atoms with Crippen molar-refractivity contribution in [2.45, 2.75) is 0 Å². The lowest BCUT2D eigenvalue weighted by atomic mass is 10.2. The molecule has 2 rings (SSSR count). The molecule has 0 unspecified atom stereocenters. The van der Waals surface area contributed by atoms with Gasteiger partial charge >= 0.3 is 0 Å². The Hall–Kier alpha value is -2.63. The molecular weight excluding hydrogens is 232 g/mol. The third-order valence-electron chi connectivity index (χ3n) is 2.48. The van der Waals surface area contributed by atoms with Crippen molar-refractivity contribution in [2.75, 3.05) is 17.7 Å². The number of carbonyl (C=O) groups excluding carboxylic acids is 1. The molecule has 0 aliphatic heterocycles. The Labute approximate surface area is 103 Å². The average Bonchev–Trinajstić information content (AvgIpc) is 2.39. The zero-order valence-corrected chi connectivity index (χ0v) is 9.75. The van der Waals surface area contributed by atoms with Gasteiger partial charge in [-0.05, 0) is 30.3 Å². The summed E-state index contributed by atoms with van der Waals surface area (Å²) in [6.45, 7) is 0. The van der Waals surface area contributed by atoms with Crippen LogP contribution >= 0.6 is 0 Å². The Bertz CT molecular complexity index is 598. The molecule has 6 heteroatoms. The van der Waals surface area contributed by atoms with E-state index in [-0.39, 0.29) is 17.2 Å². The monoisotopic (exact) mass is 244 g/mol. The summed E-state index contributed by atoms with van der Waals surface area (Å²) in [6.07, 6.45) is 0. The van der Waals surface area contributed by atoms with Crippen LogP contribution in [0, 0.1) is 0 Å². The van der Waals surface area contributed by atoms with E-state index in [9.17, 15) is 9.59 Å². The van der Waals surface area contributed by atoms with Crippen molar-refractivity contribution in [3.8, 4) is 0 Å². The number of nitrogens with one attached hydrogen (secondary N) is 1. The van der Waals surface area contributed by atoms with Crippen LogP contribution in [0.15, 0.2) is 41.2 Å². The molecule has 2 aromatic rings. The first kappa shape index (κ1) is 11.8. The number of nitrogens with two attached hydrogens (primary N) is 1. The number of anilines is 2. The Kier molecular flexibility index (Phi) is 3.09. The number of amides is 1. The number of carbonyl (C=O) groups is 1. The molecule has 3 N–H and O–H groups in total. The molecule has 0 aliphatic rings. The van der Waals surface area contributed by atoms with Gasteiger partial charge in [0.15, 0.2) is 0 Å². The van der Waals surface area contributed by atoms with Gasteiger partial charge in [-0.2, -0.15) is 5.10 Å². The van der Waals surface area contributed by atoms with Gasteiger partial charge in [0.2, 0.25) is 0 Å². The summed E-state index contributed by atoms with van der Waals surface area (Å²) in [5.41, 5.74) is 6.73. The molecule has 1 aromatic heterocycles. The summed E-state index contributed by atoms with van der Waals surface area (Å²) in [6, 6.07) is 9.53. The molecule has 0 bridgehead atoms. The summed E-state index contributed by atoms with van der Waals surface area (Å²) in [5.74, 6) is -0.309. The summed E-state index contributed by atoms with van der Waals surface area (Å²) < 4.78 is 0. The van der Waals surface area contributed by atoms with Crippen LogP contribution in [-0.4, -0.2) is 23.2 Å². The number of hydrogen-bond acceptors (Lipinski definition) is 4. The van der Waals surface area contributed by atoms with Crippen molar-refractivity contribution in [3.63, 3.8) is 0 Å². The van der Waals surface area contributed by atoms with Crippen molar-refractivity contribution < 1.29 is 4.79 Å². The quantitative estimate of drug-likeness (QED) is 0.758. The van der Waals surface area contributed by atoms with E-state index in [1.54, 1.807) is 31.3 Å². The van der Waals surface area contributed by atoms with E-state index < -0.39 is 0 Å². The van der Waals surface area contributed by atoms with Gasteiger partial charge in [0.1, 0.15) is 5.69 Å². The number of rotatable bonds is 2. The molecular formula is C12H12N4O2. The predicted molar refractivity (Wildman–Crippen MR) is 68.4 cm³/mol. The number of benzene rings is 1. The second kappa shape index (κ2) is 4.70. The maximum atomic E-state index is 12.1. The van der Waals surface area contributed by atoms with E-state index in [0.717, 1.165) is 0 Å². The number of nitrogen functional groups attached to an aromatic ring is 1. The highest BCUT2D eigenvalue weighted by atomic mass is 16.2. The highest BCUT2D eigenvalue weighted by molar-refractivity contribution is 6.04. The van der Waals surface area contributed by atoms with Crippen molar-refractivity contribution in [3.05, 3.63) is 52.4 Å². The fraction of sp³-hybridized carbons (Fsp3) is 0.0833. The summed E-state index contributed by atoms with van der Waals surface area (Å²) in [5, 5.41) is 5.91.